The number of anilines is 2. The first kappa shape index (κ1) is 27.5. The van der Waals surface area contributed by atoms with Gasteiger partial charge < -0.3 is 15.7 Å². The first-order chi connectivity index (χ1) is 17.2. The van der Waals surface area contributed by atoms with Gasteiger partial charge >= 0.3 is 12.0 Å². The first-order valence-electron chi connectivity index (χ1n) is 11.5. The molecule has 0 spiro atoms. The fraction of sp³-hybridized carbons (Fsp3) is 0.360. The van der Waals surface area contributed by atoms with Crippen LogP contribution in [0.25, 0.3) is 0 Å². The van der Waals surface area contributed by atoms with E-state index in [4.69, 9.17) is 16.7 Å². The van der Waals surface area contributed by atoms with Crippen LogP contribution in [-0.4, -0.2) is 48.1 Å². The molecule has 2 aromatic rings. The molecule has 192 valence electrons. The Morgan fingerprint density at radius 1 is 1.08 bits per heavy atom. The molecule has 2 atom stereocenters. The van der Waals surface area contributed by atoms with Crippen molar-refractivity contribution < 1.29 is 28.7 Å². The Labute approximate surface area is 217 Å². The van der Waals surface area contributed by atoms with Crippen LogP contribution in [0.4, 0.5) is 20.6 Å². The minimum absolute atomic E-state index is 0.293. The molecule has 3 amide bonds. The number of para-hydroxylation sites is 1. The van der Waals surface area contributed by atoms with Crippen LogP contribution in [-0.2, 0) is 14.4 Å². The lowest BCUT2D eigenvalue weighted by atomic mass is 10.0. The monoisotopic (exact) mass is 535 g/mol. The molecule has 3 rings (SSSR count). The number of carboxylic acids is 1. The predicted octanol–water partition coefficient (Wildman–Crippen LogP) is 4.96. The highest BCUT2D eigenvalue weighted by Crippen LogP contribution is 2.48. The average Bonchev–Trinajstić information content (AvgIpc) is 2.85. The largest absolute Gasteiger partial charge is 0.481 e. The summed E-state index contributed by atoms with van der Waals surface area (Å²) in [6, 6.07) is 11.3. The Morgan fingerprint density at radius 2 is 1.81 bits per heavy atom. The number of nitrogens with one attached hydrogen (secondary N) is 2. The van der Waals surface area contributed by atoms with E-state index in [0.717, 1.165) is 15.5 Å². The standard InChI is InChI=1S/C25H27ClFN3O5S/c1-15(24(34)29-17(13-23(32)33)20(31)14-27)6-4-5-11-28-25(35)30-18-7-2-3-8-21(18)36-22-10-9-16(26)12-19(22)30/h2-3,7-10,12,15,17H,4-6,11,13-14H2,1H3,(H,28,35)(H,29,34)(H,32,33). The summed E-state index contributed by atoms with van der Waals surface area (Å²) in [5.74, 6) is -3.29. The number of hydrogen-bond donors (Lipinski definition) is 3. The summed E-state index contributed by atoms with van der Waals surface area (Å²) < 4.78 is 12.7. The average molecular weight is 536 g/mol. The maximum Gasteiger partial charge on any atom is 0.326 e. The van der Waals surface area contributed by atoms with Crippen molar-refractivity contribution in [3.05, 3.63) is 47.5 Å². The number of ketones is 1. The third kappa shape index (κ3) is 6.98. The number of carbonyl (C=O) groups excluding carboxylic acids is 3. The van der Waals surface area contributed by atoms with E-state index in [1.807, 2.05) is 30.3 Å². The molecular weight excluding hydrogens is 509 g/mol. The van der Waals surface area contributed by atoms with Crippen LogP contribution >= 0.6 is 23.4 Å². The Balaban J connectivity index is 1.51. The predicted molar refractivity (Wildman–Crippen MR) is 136 cm³/mol. The molecule has 0 aliphatic carbocycles. The van der Waals surface area contributed by atoms with Crippen molar-refractivity contribution in [2.75, 3.05) is 18.1 Å². The van der Waals surface area contributed by atoms with Crippen molar-refractivity contribution in [1.29, 1.82) is 0 Å². The molecule has 0 bridgehead atoms. The molecule has 11 heteroatoms. The first-order valence-corrected chi connectivity index (χ1v) is 12.7. The molecule has 1 heterocycles. The molecular formula is C25H27ClFN3O5S. The number of hydrogen-bond acceptors (Lipinski definition) is 5. The van der Waals surface area contributed by atoms with Crippen LogP contribution < -0.4 is 15.5 Å². The molecule has 0 fully saturated rings. The van der Waals surface area contributed by atoms with E-state index in [1.54, 1.807) is 35.7 Å². The number of Topliss-reactive ketones (excluding diaryl/α,β-unsaturated/α-hetero) is 1. The van der Waals surface area contributed by atoms with Crippen LogP contribution in [0, 0.1) is 5.92 Å². The van der Waals surface area contributed by atoms with Gasteiger partial charge in [0, 0.05) is 27.3 Å². The normalized spacial score (nSPS) is 13.7. The van der Waals surface area contributed by atoms with E-state index in [1.165, 1.54) is 0 Å². The van der Waals surface area contributed by atoms with Crippen molar-refractivity contribution in [3.63, 3.8) is 0 Å². The quantitative estimate of drug-likeness (QED) is 0.350. The number of carboxylic acid groups (broad SMARTS) is 1. The van der Waals surface area contributed by atoms with Gasteiger partial charge in [-0.3, -0.25) is 19.3 Å². The van der Waals surface area contributed by atoms with Gasteiger partial charge in [-0.05, 0) is 43.2 Å². The third-order valence-corrected chi connectivity index (χ3v) is 7.06. The van der Waals surface area contributed by atoms with Gasteiger partial charge in [-0.2, -0.15) is 0 Å². The molecule has 8 nitrogen and oxygen atoms in total. The summed E-state index contributed by atoms with van der Waals surface area (Å²) in [4.78, 5) is 51.4. The maximum absolute atomic E-state index is 13.1. The summed E-state index contributed by atoms with van der Waals surface area (Å²) in [5.41, 5.74) is 1.46. The second kappa shape index (κ2) is 12.7. The number of carbonyl (C=O) groups is 4. The number of aliphatic carboxylic acids is 1. The molecule has 0 saturated carbocycles. The number of alkyl halides is 1. The van der Waals surface area contributed by atoms with Gasteiger partial charge in [-0.15, -0.1) is 0 Å². The number of urea groups is 1. The molecule has 36 heavy (non-hydrogen) atoms. The number of amides is 3. The topological polar surface area (TPSA) is 116 Å². The fourth-order valence-electron chi connectivity index (χ4n) is 3.75. The number of rotatable bonds is 11. The lowest BCUT2D eigenvalue weighted by molar-refractivity contribution is -0.140. The third-order valence-electron chi connectivity index (χ3n) is 5.69. The summed E-state index contributed by atoms with van der Waals surface area (Å²) in [6.07, 6.45) is 0.981. The van der Waals surface area contributed by atoms with Crippen molar-refractivity contribution in [2.45, 2.75) is 48.4 Å². The number of halogens is 2. The summed E-state index contributed by atoms with van der Waals surface area (Å²) in [5, 5.41) is 14.6. The van der Waals surface area contributed by atoms with Crippen molar-refractivity contribution in [3.8, 4) is 0 Å². The van der Waals surface area contributed by atoms with E-state index >= 15 is 0 Å². The van der Waals surface area contributed by atoms with Crippen LogP contribution in [0.15, 0.2) is 52.3 Å². The summed E-state index contributed by atoms with van der Waals surface area (Å²) in [7, 11) is 0. The summed E-state index contributed by atoms with van der Waals surface area (Å²) >= 11 is 7.76. The number of fused-ring (bicyclic) bond motifs is 2. The molecule has 1 aliphatic heterocycles. The van der Waals surface area contributed by atoms with Gasteiger partial charge in [0.2, 0.25) is 5.91 Å². The highest BCUT2D eigenvalue weighted by Gasteiger charge is 2.28. The molecule has 1 aliphatic rings. The SMILES string of the molecule is CC(CCCCNC(=O)N1c2ccccc2Sc2ccc(Cl)cc21)C(=O)NC(CC(=O)O)C(=O)CF. The van der Waals surface area contributed by atoms with E-state index < -0.39 is 42.7 Å². The van der Waals surface area contributed by atoms with Gasteiger partial charge in [0.15, 0.2) is 5.78 Å². The molecule has 3 N–H and O–H groups in total. The molecule has 2 aromatic carbocycles. The van der Waals surface area contributed by atoms with Crippen LogP contribution in [0.5, 0.6) is 0 Å². The second-order valence-electron chi connectivity index (χ2n) is 8.40. The minimum Gasteiger partial charge on any atom is -0.481 e. The van der Waals surface area contributed by atoms with Gasteiger partial charge in [0.1, 0.15) is 12.7 Å². The van der Waals surface area contributed by atoms with Gasteiger partial charge in [-0.25, -0.2) is 9.18 Å². The zero-order valence-electron chi connectivity index (χ0n) is 19.6. The zero-order valence-corrected chi connectivity index (χ0v) is 21.2. The van der Waals surface area contributed by atoms with E-state index in [0.29, 0.717) is 36.5 Å². The Hall–Kier alpha value is -3.11. The lowest BCUT2D eigenvalue weighted by Gasteiger charge is -2.31. The Bertz CT molecular complexity index is 1150. The van der Waals surface area contributed by atoms with Gasteiger partial charge in [-0.1, -0.05) is 48.8 Å². The Morgan fingerprint density at radius 3 is 2.53 bits per heavy atom. The molecule has 0 radical (unpaired) electrons. The van der Waals surface area contributed by atoms with E-state index in [2.05, 4.69) is 10.6 Å². The summed E-state index contributed by atoms with van der Waals surface area (Å²) in [6.45, 7) is 0.675. The number of benzene rings is 2. The van der Waals surface area contributed by atoms with Crippen molar-refractivity contribution in [2.24, 2.45) is 5.92 Å². The fourth-order valence-corrected chi connectivity index (χ4v) is 4.96. The zero-order chi connectivity index (χ0) is 26.2. The van der Waals surface area contributed by atoms with Gasteiger partial charge in [0.25, 0.3) is 0 Å². The van der Waals surface area contributed by atoms with Crippen LogP contribution in [0.3, 0.4) is 0 Å². The van der Waals surface area contributed by atoms with E-state index in [-0.39, 0.29) is 6.03 Å². The minimum atomic E-state index is -1.39. The van der Waals surface area contributed by atoms with Gasteiger partial charge in [0.05, 0.1) is 17.8 Å². The second-order valence-corrected chi connectivity index (χ2v) is 9.93. The lowest BCUT2D eigenvalue weighted by Crippen LogP contribution is -2.45. The maximum atomic E-state index is 13.1. The molecule has 0 saturated heterocycles. The van der Waals surface area contributed by atoms with Crippen molar-refractivity contribution in [1.82, 2.24) is 10.6 Å². The van der Waals surface area contributed by atoms with Crippen LogP contribution in [0.2, 0.25) is 5.02 Å². The number of unbranched alkanes of at least 4 members (excludes halogenated alkanes) is 1. The number of nitrogens with zero attached hydrogens (tertiary/aromatic N) is 1. The van der Waals surface area contributed by atoms with Crippen LogP contribution in [0.1, 0.15) is 32.6 Å². The highest BCUT2D eigenvalue weighted by molar-refractivity contribution is 7.99. The molecule has 2 unspecified atom stereocenters. The highest BCUT2D eigenvalue weighted by atomic mass is 35.5. The Kier molecular flexibility index (Phi) is 9.72. The molecule has 0 aromatic heterocycles. The van der Waals surface area contributed by atoms with Crippen molar-refractivity contribution >= 4 is 58.4 Å². The van der Waals surface area contributed by atoms with E-state index in [9.17, 15) is 23.6 Å². The smallest absolute Gasteiger partial charge is 0.326 e.